The van der Waals surface area contributed by atoms with Crippen LogP contribution in [0.15, 0.2) is 29.8 Å². The fraction of sp³-hybridized carbons (Fsp3) is 0.412. The van der Waals surface area contributed by atoms with Crippen molar-refractivity contribution in [2.75, 3.05) is 13.2 Å². The van der Waals surface area contributed by atoms with Crippen LogP contribution in [0.1, 0.15) is 19.3 Å². The second-order valence-corrected chi connectivity index (χ2v) is 6.83. The number of carbonyl (C=O) groups is 1. The molecule has 1 amide bonds. The number of ether oxygens (including phenoxy) is 2. The van der Waals surface area contributed by atoms with E-state index in [1.165, 1.54) is 11.3 Å². The van der Waals surface area contributed by atoms with Crippen molar-refractivity contribution in [2.24, 2.45) is 10.9 Å². The Kier molecular flexibility index (Phi) is 3.69. The van der Waals surface area contributed by atoms with Crippen LogP contribution >= 0.6 is 11.3 Å². The summed E-state index contributed by atoms with van der Waals surface area (Å²) >= 11 is 1.51. The van der Waals surface area contributed by atoms with Gasteiger partial charge in [0.1, 0.15) is 13.2 Å². The molecule has 1 aromatic carbocycles. The number of benzene rings is 1. The number of hydrogen-bond acceptors (Lipinski definition) is 4. The SMILES string of the molecule is C=CCn1c(=NC(=O)C2CCC2)sc2cc3c(cc21)OCCO3. The lowest BCUT2D eigenvalue weighted by atomic mass is 9.85. The van der Waals surface area contributed by atoms with Gasteiger partial charge in [0.2, 0.25) is 0 Å². The number of thiazole rings is 1. The number of aromatic nitrogens is 1. The summed E-state index contributed by atoms with van der Waals surface area (Å²) in [6.45, 7) is 5.54. The Morgan fingerprint density at radius 1 is 1.35 bits per heavy atom. The zero-order valence-corrected chi connectivity index (χ0v) is 13.6. The molecule has 2 aliphatic rings. The minimum Gasteiger partial charge on any atom is -0.486 e. The molecule has 1 aromatic heterocycles. The highest BCUT2D eigenvalue weighted by Crippen LogP contribution is 2.35. The Hall–Kier alpha value is -2.08. The third kappa shape index (κ3) is 2.57. The van der Waals surface area contributed by atoms with E-state index in [2.05, 4.69) is 11.6 Å². The molecule has 0 spiro atoms. The van der Waals surface area contributed by atoms with Crippen molar-refractivity contribution in [1.82, 2.24) is 4.57 Å². The van der Waals surface area contributed by atoms with Gasteiger partial charge in [-0.25, -0.2) is 0 Å². The van der Waals surface area contributed by atoms with Crippen LogP contribution in [0.3, 0.4) is 0 Å². The molecule has 4 rings (SSSR count). The number of hydrogen-bond donors (Lipinski definition) is 0. The van der Waals surface area contributed by atoms with Crippen LogP contribution in [0.5, 0.6) is 11.5 Å². The first-order valence-electron chi connectivity index (χ1n) is 7.88. The Balaban J connectivity index is 1.85. The van der Waals surface area contributed by atoms with Crippen molar-refractivity contribution in [3.05, 3.63) is 29.6 Å². The molecule has 0 bridgehead atoms. The smallest absolute Gasteiger partial charge is 0.251 e. The van der Waals surface area contributed by atoms with Crippen LogP contribution in [-0.4, -0.2) is 23.7 Å². The molecule has 6 heteroatoms. The Bertz CT molecular complexity index is 845. The maximum absolute atomic E-state index is 12.2. The van der Waals surface area contributed by atoms with Crippen LogP contribution in [-0.2, 0) is 11.3 Å². The molecule has 0 atom stereocenters. The second-order valence-electron chi connectivity index (χ2n) is 5.83. The molecule has 2 aromatic rings. The predicted molar refractivity (Wildman–Crippen MR) is 88.9 cm³/mol. The van der Waals surface area contributed by atoms with Gasteiger partial charge in [-0.15, -0.1) is 6.58 Å². The third-order valence-corrected chi connectivity index (χ3v) is 5.36. The standard InChI is InChI=1S/C17H18N2O3S/c1-2-6-19-12-9-13-14(22-8-7-21-13)10-15(12)23-17(19)18-16(20)11-4-3-5-11/h2,9-11H,1,3-8H2. The zero-order chi connectivity index (χ0) is 15.8. The lowest BCUT2D eigenvalue weighted by molar-refractivity contribution is -0.124. The van der Waals surface area contributed by atoms with E-state index >= 15 is 0 Å². The van der Waals surface area contributed by atoms with Crippen molar-refractivity contribution in [3.63, 3.8) is 0 Å². The fourth-order valence-corrected chi connectivity index (χ4v) is 3.89. The van der Waals surface area contributed by atoms with Crippen molar-refractivity contribution < 1.29 is 14.3 Å². The summed E-state index contributed by atoms with van der Waals surface area (Å²) in [5, 5.41) is 0. The zero-order valence-electron chi connectivity index (χ0n) is 12.8. The van der Waals surface area contributed by atoms with Crippen molar-refractivity contribution in [1.29, 1.82) is 0 Å². The number of fused-ring (bicyclic) bond motifs is 2. The van der Waals surface area contributed by atoms with Gasteiger partial charge < -0.3 is 14.0 Å². The molecular weight excluding hydrogens is 312 g/mol. The summed E-state index contributed by atoms with van der Waals surface area (Å²) in [4.78, 5) is 17.3. The maximum Gasteiger partial charge on any atom is 0.251 e. The average molecular weight is 330 g/mol. The van der Waals surface area contributed by atoms with Crippen LogP contribution in [0, 0.1) is 5.92 Å². The van der Waals surface area contributed by atoms with E-state index < -0.39 is 0 Å². The topological polar surface area (TPSA) is 52.8 Å². The first kappa shape index (κ1) is 14.5. The van der Waals surface area contributed by atoms with E-state index in [1.54, 1.807) is 0 Å². The van der Waals surface area contributed by atoms with Gasteiger partial charge in [0.15, 0.2) is 16.3 Å². The number of allylic oxidation sites excluding steroid dienone is 1. The largest absolute Gasteiger partial charge is 0.486 e. The van der Waals surface area contributed by atoms with Crippen molar-refractivity contribution in [3.8, 4) is 11.5 Å². The molecule has 23 heavy (non-hydrogen) atoms. The number of rotatable bonds is 3. The first-order chi connectivity index (χ1) is 11.3. The molecule has 2 heterocycles. The summed E-state index contributed by atoms with van der Waals surface area (Å²) in [5.74, 6) is 1.61. The average Bonchev–Trinajstić information content (AvgIpc) is 2.80. The van der Waals surface area contributed by atoms with Crippen LogP contribution in [0.2, 0.25) is 0 Å². The second kappa shape index (κ2) is 5.85. The Labute approximate surface area is 137 Å². The minimum absolute atomic E-state index is 0.00196. The fourth-order valence-electron chi connectivity index (χ4n) is 2.84. The maximum atomic E-state index is 12.2. The lowest BCUT2D eigenvalue weighted by Crippen LogP contribution is -2.24. The molecule has 1 fully saturated rings. The molecule has 1 aliphatic carbocycles. The molecule has 120 valence electrons. The normalized spacial score (nSPS) is 18.0. The van der Waals surface area contributed by atoms with Gasteiger partial charge in [0.25, 0.3) is 5.91 Å². The summed E-state index contributed by atoms with van der Waals surface area (Å²) in [5.41, 5.74) is 0.999. The highest BCUT2D eigenvalue weighted by atomic mass is 32.1. The van der Waals surface area contributed by atoms with E-state index in [0.29, 0.717) is 19.8 Å². The number of amides is 1. The van der Waals surface area contributed by atoms with Gasteiger partial charge in [-0.05, 0) is 12.8 Å². The quantitative estimate of drug-likeness (QED) is 0.813. The highest BCUT2D eigenvalue weighted by molar-refractivity contribution is 7.16. The van der Waals surface area contributed by atoms with Gasteiger partial charge in [-0.1, -0.05) is 23.8 Å². The molecule has 0 unspecified atom stereocenters. The van der Waals surface area contributed by atoms with E-state index in [9.17, 15) is 4.79 Å². The molecule has 0 N–H and O–H groups in total. The molecule has 0 saturated heterocycles. The Morgan fingerprint density at radius 2 is 2.09 bits per heavy atom. The van der Waals surface area contributed by atoms with E-state index in [0.717, 1.165) is 45.8 Å². The van der Waals surface area contributed by atoms with Crippen molar-refractivity contribution >= 4 is 27.5 Å². The summed E-state index contributed by atoms with van der Waals surface area (Å²) in [6, 6.07) is 3.94. The van der Waals surface area contributed by atoms with E-state index in [1.807, 2.05) is 22.8 Å². The van der Waals surface area contributed by atoms with Gasteiger partial charge in [0, 0.05) is 24.6 Å². The number of nitrogens with zero attached hydrogens (tertiary/aromatic N) is 2. The molecule has 1 saturated carbocycles. The molecular formula is C17H18N2O3S. The summed E-state index contributed by atoms with van der Waals surface area (Å²) in [7, 11) is 0. The molecule has 0 radical (unpaired) electrons. The molecule has 1 aliphatic heterocycles. The van der Waals surface area contributed by atoms with Crippen LogP contribution in [0.25, 0.3) is 10.2 Å². The van der Waals surface area contributed by atoms with Gasteiger partial charge in [0.05, 0.1) is 10.2 Å². The highest BCUT2D eigenvalue weighted by Gasteiger charge is 2.25. The lowest BCUT2D eigenvalue weighted by Gasteiger charge is -2.20. The number of carbonyl (C=O) groups excluding carboxylic acids is 1. The van der Waals surface area contributed by atoms with Crippen LogP contribution in [0.4, 0.5) is 0 Å². The monoisotopic (exact) mass is 330 g/mol. The predicted octanol–water partition coefficient (Wildman–Crippen LogP) is 2.89. The van der Waals surface area contributed by atoms with Gasteiger partial charge >= 0.3 is 0 Å². The molecule has 5 nitrogen and oxygen atoms in total. The van der Waals surface area contributed by atoms with Crippen LogP contribution < -0.4 is 14.3 Å². The van der Waals surface area contributed by atoms with Gasteiger partial charge in [-0.3, -0.25) is 4.79 Å². The van der Waals surface area contributed by atoms with Gasteiger partial charge in [-0.2, -0.15) is 4.99 Å². The minimum atomic E-state index is -0.00196. The summed E-state index contributed by atoms with van der Waals surface area (Å²) in [6.07, 6.45) is 4.87. The van der Waals surface area contributed by atoms with Crippen molar-refractivity contribution in [2.45, 2.75) is 25.8 Å². The third-order valence-electron chi connectivity index (χ3n) is 4.32. The Morgan fingerprint density at radius 3 is 2.74 bits per heavy atom. The first-order valence-corrected chi connectivity index (χ1v) is 8.70. The summed E-state index contributed by atoms with van der Waals surface area (Å²) < 4.78 is 14.4. The van der Waals surface area contributed by atoms with E-state index in [-0.39, 0.29) is 11.8 Å². The van der Waals surface area contributed by atoms with E-state index in [4.69, 9.17) is 9.47 Å².